The van der Waals surface area contributed by atoms with Gasteiger partial charge in [-0.15, -0.1) is 0 Å². The molecule has 19 heavy (non-hydrogen) atoms. The predicted molar refractivity (Wildman–Crippen MR) is 80.8 cm³/mol. The van der Waals surface area contributed by atoms with Crippen LogP contribution >= 0.6 is 15.9 Å². The summed E-state index contributed by atoms with van der Waals surface area (Å²) in [5, 5.41) is 4.32. The molecule has 0 radical (unpaired) electrons. The molecule has 1 aromatic carbocycles. The van der Waals surface area contributed by atoms with Crippen LogP contribution in [0.1, 0.15) is 11.3 Å². The highest BCUT2D eigenvalue weighted by Gasteiger charge is 2.07. The molecule has 5 heteroatoms. The van der Waals surface area contributed by atoms with E-state index in [1.54, 1.807) is 6.33 Å². The molecule has 0 saturated carbocycles. The number of hydrogen-bond donors (Lipinski definition) is 2. The third-order valence-corrected chi connectivity index (χ3v) is 3.85. The zero-order chi connectivity index (χ0) is 13.4. The monoisotopic (exact) mass is 316 g/mol. The lowest BCUT2D eigenvalue weighted by Crippen LogP contribution is -1.95. The average Bonchev–Trinajstić information content (AvgIpc) is 2.75. The van der Waals surface area contributed by atoms with Crippen molar-refractivity contribution in [2.75, 3.05) is 5.32 Å². The first-order chi connectivity index (χ1) is 9.13. The number of nitrogens with one attached hydrogen (secondary N) is 2. The van der Waals surface area contributed by atoms with Crippen molar-refractivity contribution < 1.29 is 0 Å². The first-order valence-corrected chi connectivity index (χ1v) is 6.76. The van der Waals surface area contributed by atoms with E-state index in [0.29, 0.717) is 0 Å². The maximum absolute atomic E-state index is 4.31. The second kappa shape index (κ2) is 4.66. The Hall–Kier alpha value is -1.88. The van der Waals surface area contributed by atoms with E-state index in [0.717, 1.165) is 32.7 Å². The Kier molecular flexibility index (Phi) is 2.98. The lowest BCUT2D eigenvalue weighted by atomic mass is 10.2. The smallest absolute Gasteiger partial charge is 0.143 e. The van der Waals surface area contributed by atoms with Gasteiger partial charge in [0.1, 0.15) is 17.8 Å². The van der Waals surface area contributed by atoms with Gasteiger partial charge >= 0.3 is 0 Å². The quantitative estimate of drug-likeness (QED) is 0.749. The van der Waals surface area contributed by atoms with Gasteiger partial charge in [-0.05, 0) is 37.6 Å². The van der Waals surface area contributed by atoms with Gasteiger partial charge in [0.05, 0.1) is 5.39 Å². The first kappa shape index (κ1) is 12.2. The molecule has 0 unspecified atom stereocenters. The topological polar surface area (TPSA) is 53.6 Å². The van der Waals surface area contributed by atoms with Crippen molar-refractivity contribution in [3.63, 3.8) is 0 Å². The molecule has 0 atom stereocenters. The maximum atomic E-state index is 4.31. The largest absolute Gasteiger partial charge is 0.343 e. The highest BCUT2D eigenvalue weighted by atomic mass is 79.9. The minimum Gasteiger partial charge on any atom is -0.343 e. The predicted octanol–water partition coefficient (Wildman–Crippen LogP) is 4.08. The first-order valence-electron chi connectivity index (χ1n) is 5.97. The van der Waals surface area contributed by atoms with Gasteiger partial charge in [-0.1, -0.05) is 22.0 Å². The average molecular weight is 317 g/mol. The zero-order valence-electron chi connectivity index (χ0n) is 10.7. The van der Waals surface area contributed by atoms with Crippen LogP contribution in [0.3, 0.4) is 0 Å². The molecule has 0 bridgehead atoms. The van der Waals surface area contributed by atoms with Crippen LogP contribution in [0.5, 0.6) is 0 Å². The lowest BCUT2D eigenvalue weighted by molar-refractivity contribution is 1.18. The Bertz CT molecular complexity index is 748. The molecule has 4 nitrogen and oxygen atoms in total. The molecule has 0 fully saturated rings. The van der Waals surface area contributed by atoms with Gasteiger partial charge in [0, 0.05) is 15.9 Å². The second-order valence-corrected chi connectivity index (χ2v) is 5.38. The molecule has 0 spiro atoms. The van der Waals surface area contributed by atoms with Crippen molar-refractivity contribution >= 4 is 38.5 Å². The fourth-order valence-electron chi connectivity index (χ4n) is 1.98. The Morgan fingerprint density at radius 1 is 1.16 bits per heavy atom. The molecule has 3 rings (SSSR count). The van der Waals surface area contributed by atoms with Crippen molar-refractivity contribution in [3.8, 4) is 0 Å². The van der Waals surface area contributed by atoms with Gasteiger partial charge in [-0.2, -0.15) is 0 Å². The van der Waals surface area contributed by atoms with E-state index >= 15 is 0 Å². The molecule has 2 heterocycles. The number of benzene rings is 1. The van der Waals surface area contributed by atoms with Gasteiger partial charge in [-0.25, -0.2) is 9.97 Å². The highest BCUT2D eigenvalue weighted by molar-refractivity contribution is 9.10. The molecular weight excluding hydrogens is 304 g/mol. The molecule has 0 aliphatic rings. The van der Waals surface area contributed by atoms with Crippen molar-refractivity contribution in [2.24, 2.45) is 0 Å². The summed E-state index contributed by atoms with van der Waals surface area (Å²) in [5.41, 5.74) is 4.12. The fraction of sp³-hybridized carbons (Fsp3) is 0.143. The summed E-state index contributed by atoms with van der Waals surface area (Å²) >= 11 is 3.53. The van der Waals surface area contributed by atoms with Crippen LogP contribution in [0.4, 0.5) is 11.5 Å². The number of halogens is 1. The van der Waals surface area contributed by atoms with Crippen molar-refractivity contribution in [3.05, 3.63) is 46.3 Å². The summed E-state index contributed by atoms with van der Waals surface area (Å²) in [6.07, 6.45) is 1.56. The van der Waals surface area contributed by atoms with Crippen LogP contribution in [-0.2, 0) is 0 Å². The molecule has 2 aromatic heterocycles. The maximum Gasteiger partial charge on any atom is 0.143 e. The third-order valence-electron chi connectivity index (χ3n) is 2.99. The summed E-state index contributed by atoms with van der Waals surface area (Å²) in [5.74, 6) is 0.810. The van der Waals surface area contributed by atoms with Gasteiger partial charge in [0.15, 0.2) is 0 Å². The number of nitrogens with zero attached hydrogens (tertiary/aromatic N) is 2. The molecule has 0 amide bonds. The third kappa shape index (κ3) is 2.33. The summed E-state index contributed by atoms with van der Waals surface area (Å²) in [6.45, 7) is 4.07. The zero-order valence-corrected chi connectivity index (χ0v) is 12.2. The number of hydrogen-bond acceptors (Lipinski definition) is 3. The van der Waals surface area contributed by atoms with E-state index in [2.05, 4.69) is 49.2 Å². The van der Waals surface area contributed by atoms with Crippen molar-refractivity contribution in [2.45, 2.75) is 13.8 Å². The number of anilines is 2. The minimum absolute atomic E-state index is 0.810. The number of fused-ring (bicyclic) bond motifs is 1. The number of aromatic nitrogens is 3. The van der Waals surface area contributed by atoms with E-state index in [1.807, 2.05) is 25.1 Å². The lowest BCUT2D eigenvalue weighted by Gasteiger charge is -2.07. The Balaban J connectivity index is 2.02. The van der Waals surface area contributed by atoms with E-state index in [9.17, 15) is 0 Å². The Morgan fingerprint density at radius 3 is 2.79 bits per heavy atom. The second-order valence-electron chi connectivity index (χ2n) is 4.53. The van der Waals surface area contributed by atoms with Crippen LogP contribution in [-0.4, -0.2) is 15.0 Å². The van der Waals surface area contributed by atoms with Gasteiger partial charge in [0.25, 0.3) is 0 Å². The molecule has 96 valence electrons. The minimum atomic E-state index is 0.810. The SMILES string of the molecule is Cc1cc2c(Nc3ccc(C)c(Br)c3)ncnc2[nH]1. The van der Waals surface area contributed by atoms with Crippen LogP contribution in [0.25, 0.3) is 11.0 Å². The molecule has 2 N–H and O–H groups in total. The van der Waals surface area contributed by atoms with E-state index in [-0.39, 0.29) is 0 Å². The highest BCUT2D eigenvalue weighted by Crippen LogP contribution is 2.26. The Labute approximate surface area is 119 Å². The molecule has 0 aliphatic heterocycles. The van der Waals surface area contributed by atoms with E-state index in [1.165, 1.54) is 5.56 Å². The van der Waals surface area contributed by atoms with E-state index < -0.39 is 0 Å². The van der Waals surface area contributed by atoms with Gasteiger partial charge < -0.3 is 10.3 Å². The molecule has 3 aromatic rings. The number of aromatic amines is 1. The fourth-order valence-corrected chi connectivity index (χ4v) is 2.36. The van der Waals surface area contributed by atoms with E-state index in [4.69, 9.17) is 0 Å². The Morgan fingerprint density at radius 2 is 2.00 bits per heavy atom. The normalized spacial score (nSPS) is 10.9. The molecular formula is C14H13BrN4. The number of aryl methyl sites for hydroxylation is 2. The van der Waals surface area contributed by atoms with Crippen molar-refractivity contribution in [1.29, 1.82) is 0 Å². The van der Waals surface area contributed by atoms with Crippen LogP contribution < -0.4 is 5.32 Å². The van der Waals surface area contributed by atoms with Crippen LogP contribution in [0.15, 0.2) is 35.1 Å². The number of rotatable bonds is 2. The summed E-state index contributed by atoms with van der Waals surface area (Å²) < 4.78 is 1.08. The van der Waals surface area contributed by atoms with Crippen LogP contribution in [0, 0.1) is 13.8 Å². The van der Waals surface area contributed by atoms with Gasteiger partial charge in [0.2, 0.25) is 0 Å². The molecule has 0 aliphatic carbocycles. The standard InChI is InChI=1S/C14H13BrN4/c1-8-3-4-10(6-12(8)15)19-14-11-5-9(2)18-13(11)16-7-17-14/h3-7H,1-2H3,(H2,16,17,18,19). The van der Waals surface area contributed by atoms with Crippen LogP contribution in [0.2, 0.25) is 0 Å². The van der Waals surface area contributed by atoms with Gasteiger partial charge in [-0.3, -0.25) is 0 Å². The molecule has 0 saturated heterocycles. The summed E-state index contributed by atoms with van der Waals surface area (Å²) in [6, 6.07) is 8.18. The van der Waals surface area contributed by atoms with Crippen molar-refractivity contribution in [1.82, 2.24) is 15.0 Å². The summed E-state index contributed by atoms with van der Waals surface area (Å²) in [4.78, 5) is 11.7. The summed E-state index contributed by atoms with van der Waals surface area (Å²) in [7, 11) is 0. The number of H-pyrrole nitrogens is 1.